The number of nitrogens with zero attached hydrogens (tertiary/aromatic N) is 6. The highest BCUT2D eigenvalue weighted by atomic mass is 32.2. The molecule has 9 heteroatoms. The van der Waals surface area contributed by atoms with Crippen LogP contribution in [-0.4, -0.2) is 58.7 Å². The highest BCUT2D eigenvalue weighted by molar-refractivity contribution is 7.92. The molecule has 0 aliphatic carbocycles. The fourth-order valence-corrected chi connectivity index (χ4v) is 6.04. The van der Waals surface area contributed by atoms with Crippen LogP contribution in [0.15, 0.2) is 66.1 Å². The fraction of sp³-hybridized carbons (Fsp3) is 0.345. The molecule has 0 spiro atoms. The number of hydrogen-bond acceptors (Lipinski definition) is 6. The van der Waals surface area contributed by atoms with Crippen molar-refractivity contribution in [2.24, 2.45) is 5.92 Å². The van der Waals surface area contributed by atoms with E-state index in [-0.39, 0.29) is 0 Å². The van der Waals surface area contributed by atoms with E-state index in [1.807, 2.05) is 72.3 Å². The number of para-hydroxylation sites is 1. The second-order valence-electron chi connectivity index (χ2n) is 10.1. The van der Waals surface area contributed by atoms with Crippen LogP contribution in [0.25, 0.3) is 22.8 Å². The molecule has 0 amide bonds. The monoisotopic (exact) mass is 530 g/mol. The molecular weight excluding hydrogens is 496 g/mol. The quantitative estimate of drug-likeness (QED) is 0.340. The number of aryl methyl sites for hydroxylation is 1. The Balaban J connectivity index is 1.47. The molecule has 0 unspecified atom stereocenters. The van der Waals surface area contributed by atoms with Crippen LogP contribution in [0, 0.1) is 12.8 Å². The minimum Gasteiger partial charge on any atom is -0.355 e. The molecule has 1 saturated heterocycles. The first-order chi connectivity index (χ1) is 18.3. The maximum absolute atomic E-state index is 13.1. The van der Waals surface area contributed by atoms with E-state index in [4.69, 9.17) is 15.1 Å². The molecule has 5 rings (SSSR count). The number of anilines is 1. The van der Waals surface area contributed by atoms with E-state index in [0.29, 0.717) is 38.5 Å². The highest BCUT2D eigenvalue weighted by Gasteiger charge is 2.27. The van der Waals surface area contributed by atoms with E-state index < -0.39 is 10.0 Å². The summed E-state index contributed by atoms with van der Waals surface area (Å²) in [6.07, 6.45) is 3.11. The number of aromatic nitrogens is 4. The number of benzene rings is 2. The van der Waals surface area contributed by atoms with Crippen LogP contribution in [0.4, 0.5) is 5.82 Å². The molecule has 0 saturated carbocycles. The third-order valence-electron chi connectivity index (χ3n) is 6.67. The van der Waals surface area contributed by atoms with Crippen molar-refractivity contribution in [1.82, 2.24) is 24.1 Å². The molecule has 4 aromatic rings. The normalized spacial score (nSPS) is 15.5. The summed E-state index contributed by atoms with van der Waals surface area (Å²) in [5.74, 6) is 2.01. The number of fused-ring (bicyclic) bond motifs is 1. The smallest absolute Gasteiger partial charge is 0.236 e. The zero-order chi connectivity index (χ0) is 26.7. The van der Waals surface area contributed by atoms with E-state index in [9.17, 15) is 8.42 Å². The van der Waals surface area contributed by atoms with Crippen LogP contribution in [-0.2, 0) is 16.4 Å². The fourth-order valence-electron chi connectivity index (χ4n) is 4.81. The first kappa shape index (κ1) is 26.1. The SMILES string of the molecule is Cc1nn(-c2ccccc2)c2nc(CC(C)C)nc(N3CCCN(S(=O)(=O)/C=C/c4ccccc4)CC3)c12. The first-order valence-corrected chi connectivity index (χ1v) is 14.6. The van der Waals surface area contributed by atoms with E-state index in [1.165, 1.54) is 5.41 Å². The number of rotatable bonds is 7. The van der Waals surface area contributed by atoms with Gasteiger partial charge in [0.05, 0.1) is 16.8 Å². The van der Waals surface area contributed by atoms with Gasteiger partial charge in [-0.05, 0) is 43.0 Å². The molecular formula is C29H34N6O2S. The highest BCUT2D eigenvalue weighted by Crippen LogP contribution is 2.30. The Morgan fingerprint density at radius 2 is 1.63 bits per heavy atom. The lowest BCUT2D eigenvalue weighted by Gasteiger charge is -2.23. The molecule has 0 radical (unpaired) electrons. The molecule has 0 bridgehead atoms. The van der Waals surface area contributed by atoms with Crippen LogP contribution < -0.4 is 4.90 Å². The molecule has 0 atom stereocenters. The Bertz CT molecular complexity index is 1530. The Morgan fingerprint density at radius 3 is 2.34 bits per heavy atom. The summed E-state index contributed by atoms with van der Waals surface area (Å²) in [5, 5.41) is 7.07. The second kappa shape index (κ2) is 11.0. The predicted octanol–water partition coefficient (Wildman–Crippen LogP) is 4.84. The predicted molar refractivity (Wildman–Crippen MR) is 153 cm³/mol. The first-order valence-electron chi connectivity index (χ1n) is 13.1. The van der Waals surface area contributed by atoms with Gasteiger partial charge in [-0.2, -0.15) is 9.40 Å². The molecule has 1 aliphatic heterocycles. The molecule has 38 heavy (non-hydrogen) atoms. The second-order valence-corrected chi connectivity index (χ2v) is 11.9. The van der Waals surface area contributed by atoms with Crippen LogP contribution in [0.1, 0.15) is 37.4 Å². The Morgan fingerprint density at radius 1 is 0.921 bits per heavy atom. The Kier molecular flexibility index (Phi) is 7.58. The zero-order valence-corrected chi connectivity index (χ0v) is 23.0. The number of sulfonamides is 1. The molecule has 1 aliphatic rings. The van der Waals surface area contributed by atoms with Crippen LogP contribution in [0.2, 0.25) is 0 Å². The lowest BCUT2D eigenvalue weighted by atomic mass is 10.1. The van der Waals surface area contributed by atoms with Gasteiger partial charge in [0.15, 0.2) is 5.65 Å². The lowest BCUT2D eigenvalue weighted by Crippen LogP contribution is -2.34. The summed E-state index contributed by atoms with van der Waals surface area (Å²) in [6, 6.07) is 19.5. The average molecular weight is 531 g/mol. The van der Waals surface area contributed by atoms with Gasteiger partial charge in [-0.15, -0.1) is 0 Å². The lowest BCUT2D eigenvalue weighted by molar-refractivity contribution is 0.440. The summed E-state index contributed by atoms with van der Waals surface area (Å²) in [7, 11) is -3.54. The third-order valence-corrected chi connectivity index (χ3v) is 8.23. The van der Waals surface area contributed by atoms with Gasteiger partial charge in [-0.1, -0.05) is 62.4 Å². The molecule has 2 aromatic carbocycles. The van der Waals surface area contributed by atoms with Crippen molar-refractivity contribution >= 4 is 33.0 Å². The number of hydrogen-bond donors (Lipinski definition) is 0. The summed E-state index contributed by atoms with van der Waals surface area (Å²) < 4.78 is 29.7. The van der Waals surface area contributed by atoms with E-state index in [0.717, 1.165) is 46.0 Å². The zero-order valence-electron chi connectivity index (χ0n) is 22.2. The molecule has 0 N–H and O–H groups in total. The molecule has 8 nitrogen and oxygen atoms in total. The van der Waals surface area contributed by atoms with Crippen LogP contribution >= 0.6 is 0 Å². The third kappa shape index (κ3) is 5.63. The van der Waals surface area contributed by atoms with E-state index in [2.05, 4.69) is 18.7 Å². The van der Waals surface area contributed by atoms with Crippen molar-refractivity contribution in [3.05, 3.63) is 83.2 Å². The minimum absolute atomic E-state index is 0.387. The van der Waals surface area contributed by atoms with E-state index >= 15 is 0 Å². The van der Waals surface area contributed by atoms with Crippen LogP contribution in [0.3, 0.4) is 0 Å². The maximum atomic E-state index is 13.1. The average Bonchev–Trinajstić information content (AvgIpc) is 3.07. The van der Waals surface area contributed by atoms with Crippen molar-refractivity contribution < 1.29 is 8.42 Å². The topological polar surface area (TPSA) is 84.2 Å². The van der Waals surface area contributed by atoms with Crippen molar-refractivity contribution in [3.63, 3.8) is 0 Å². The molecule has 2 aromatic heterocycles. The van der Waals surface area contributed by atoms with Gasteiger partial charge in [0.1, 0.15) is 11.6 Å². The maximum Gasteiger partial charge on any atom is 0.236 e. The summed E-state index contributed by atoms with van der Waals surface area (Å²) >= 11 is 0. The summed E-state index contributed by atoms with van der Waals surface area (Å²) in [6.45, 7) is 8.40. The van der Waals surface area contributed by atoms with Crippen molar-refractivity contribution in [3.8, 4) is 5.69 Å². The minimum atomic E-state index is -3.54. The molecule has 198 valence electrons. The van der Waals surface area contributed by atoms with Gasteiger partial charge < -0.3 is 4.90 Å². The van der Waals surface area contributed by atoms with Gasteiger partial charge in [0.25, 0.3) is 0 Å². The van der Waals surface area contributed by atoms with Gasteiger partial charge in [-0.3, -0.25) is 0 Å². The van der Waals surface area contributed by atoms with Gasteiger partial charge in [-0.25, -0.2) is 23.1 Å². The molecule has 1 fully saturated rings. The van der Waals surface area contributed by atoms with Gasteiger partial charge in [0, 0.05) is 38.0 Å². The van der Waals surface area contributed by atoms with Gasteiger partial charge in [0.2, 0.25) is 10.0 Å². The largest absolute Gasteiger partial charge is 0.355 e. The Labute approximate surface area is 224 Å². The summed E-state index contributed by atoms with van der Waals surface area (Å²) in [4.78, 5) is 12.2. The van der Waals surface area contributed by atoms with Crippen molar-refractivity contribution in [2.75, 3.05) is 31.1 Å². The van der Waals surface area contributed by atoms with Crippen molar-refractivity contribution in [2.45, 2.75) is 33.6 Å². The van der Waals surface area contributed by atoms with Gasteiger partial charge >= 0.3 is 0 Å². The van der Waals surface area contributed by atoms with Crippen LogP contribution in [0.5, 0.6) is 0 Å². The Hall–Kier alpha value is -3.56. The summed E-state index contributed by atoms with van der Waals surface area (Å²) in [5.41, 5.74) is 3.45. The van der Waals surface area contributed by atoms with Crippen molar-refractivity contribution in [1.29, 1.82) is 0 Å². The molecule has 3 heterocycles. The standard InChI is InChI=1S/C29H34N6O2S/c1-22(2)21-26-30-28(27-23(3)32-35(29(27)31-26)25-13-8-5-9-14-25)33-16-10-17-34(19-18-33)38(36,37)20-15-24-11-6-4-7-12-24/h4-9,11-15,20,22H,10,16-19,21H2,1-3H3/b20-15+. The van der Waals surface area contributed by atoms with E-state index in [1.54, 1.807) is 10.4 Å².